The van der Waals surface area contributed by atoms with E-state index in [0.29, 0.717) is 6.42 Å². The normalized spacial score (nSPS) is 11.9. The Morgan fingerprint density at radius 1 is 1.62 bits per heavy atom. The fourth-order valence-electron chi connectivity index (χ4n) is 1.85. The SMILES string of the molecule is CCC(NC(=O)c1cc([N+](=O)[O-])cnc1N)c1cccs1. The molecule has 0 spiro atoms. The van der Waals surface area contributed by atoms with E-state index in [1.165, 1.54) is 11.3 Å². The first-order chi connectivity index (χ1) is 10.0. The number of nitrogens with one attached hydrogen (secondary N) is 1. The van der Waals surface area contributed by atoms with Gasteiger partial charge in [-0.15, -0.1) is 11.3 Å². The zero-order valence-electron chi connectivity index (χ0n) is 11.3. The standard InChI is InChI=1S/C13H14N4O3S/c1-2-10(11-4-3-5-21-11)16-13(18)9-6-8(17(19)20)7-15-12(9)14/h3-7,10H,2H2,1H3,(H2,14,15)(H,16,18). The number of hydrogen-bond acceptors (Lipinski definition) is 6. The molecule has 21 heavy (non-hydrogen) atoms. The van der Waals surface area contributed by atoms with E-state index in [9.17, 15) is 14.9 Å². The van der Waals surface area contributed by atoms with Crippen LogP contribution < -0.4 is 11.1 Å². The summed E-state index contributed by atoms with van der Waals surface area (Å²) in [7, 11) is 0. The first kappa shape index (κ1) is 14.9. The maximum atomic E-state index is 12.3. The van der Waals surface area contributed by atoms with Crippen molar-refractivity contribution in [2.45, 2.75) is 19.4 Å². The summed E-state index contributed by atoms with van der Waals surface area (Å²) in [5, 5.41) is 15.5. The zero-order chi connectivity index (χ0) is 15.4. The summed E-state index contributed by atoms with van der Waals surface area (Å²) in [6.07, 6.45) is 1.73. The van der Waals surface area contributed by atoms with Crippen LogP contribution in [0.1, 0.15) is 34.6 Å². The Hall–Kier alpha value is -2.48. The predicted molar refractivity (Wildman–Crippen MR) is 80.1 cm³/mol. The second-order valence-electron chi connectivity index (χ2n) is 4.33. The molecule has 0 aliphatic carbocycles. The molecule has 110 valence electrons. The lowest BCUT2D eigenvalue weighted by molar-refractivity contribution is -0.385. The van der Waals surface area contributed by atoms with Crippen molar-refractivity contribution in [1.82, 2.24) is 10.3 Å². The highest BCUT2D eigenvalue weighted by molar-refractivity contribution is 7.10. The molecule has 1 atom stereocenters. The van der Waals surface area contributed by atoms with Crippen molar-refractivity contribution in [3.8, 4) is 0 Å². The molecule has 3 N–H and O–H groups in total. The van der Waals surface area contributed by atoms with Crippen molar-refractivity contribution < 1.29 is 9.72 Å². The van der Waals surface area contributed by atoms with E-state index in [1.54, 1.807) is 0 Å². The Bertz CT molecular complexity index is 657. The molecule has 0 radical (unpaired) electrons. The molecule has 0 bridgehead atoms. The molecule has 0 saturated heterocycles. The number of rotatable bonds is 5. The van der Waals surface area contributed by atoms with Crippen molar-refractivity contribution in [2.75, 3.05) is 5.73 Å². The highest BCUT2D eigenvalue weighted by atomic mass is 32.1. The molecule has 1 amide bonds. The monoisotopic (exact) mass is 306 g/mol. The fourth-order valence-corrected chi connectivity index (χ4v) is 2.71. The minimum absolute atomic E-state index is 0.0132. The average Bonchev–Trinajstić information content (AvgIpc) is 2.98. The quantitative estimate of drug-likeness (QED) is 0.651. The van der Waals surface area contributed by atoms with Crippen LogP contribution in [0.2, 0.25) is 0 Å². The number of carbonyl (C=O) groups is 1. The molecule has 0 aliphatic heterocycles. The number of hydrogen-bond donors (Lipinski definition) is 2. The summed E-state index contributed by atoms with van der Waals surface area (Å²) < 4.78 is 0. The summed E-state index contributed by atoms with van der Waals surface area (Å²) in [5.74, 6) is -0.497. The number of nitrogens with zero attached hydrogens (tertiary/aromatic N) is 2. The molecule has 0 saturated carbocycles. The van der Waals surface area contributed by atoms with Crippen molar-refractivity contribution >= 4 is 28.7 Å². The topological polar surface area (TPSA) is 111 Å². The van der Waals surface area contributed by atoms with Crippen LogP contribution in [0.3, 0.4) is 0 Å². The predicted octanol–water partition coefficient (Wildman–Crippen LogP) is 2.51. The highest BCUT2D eigenvalue weighted by Crippen LogP contribution is 2.23. The smallest absolute Gasteiger partial charge is 0.288 e. The van der Waals surface area contributed by atoms with E-state index < -0.39 is 10.8 Å². The van der Waals surface area contributed by atoms with E-state index in [4.69, 9.17) is 5.73 Å². The van der Waals surface area contributed by atoms with Gasteiger partial charge in [0.2, 0.25) is 0 Å². The maximum absolute atomic E-state index is 12.3. The van der Waals surface area contributed by atoms with Gasteiger partial charge in [0.25, 0.3) is 11.6 Å². The van der Waals surface area contributed by atoms with Gasteiger partial charge in [-0.05, 0) is 17.9 Å². The van der Waals surface area contributed by atoms with E-state index in [2.05, 4.69) is 10.3 Å². The summed E-state index contributed by atoms with van der Waals surface area (Å²) in [6, 6.07) is 4.81. The maximum Gasteiger partial charge on any atom is 0.288 e. The second kappa shape index (κ2) is 6.31. The molecule has 2 rings (SSSR count). The van der Waals surface area contributed by atoms with Crippen LogP contribution in [0.25, 0.3) is 0 Å². The third-order valence-corrected chi connectivity index (χ3v) is 3.95. The third kappa shape index (κ3) is 3.34. The Morgan fingerprint density at radius 2 is 2.38 bits per heavy atom. The number of amides is 1. The van der Waals surface area contributed by atoms with E-state index in [1.807, 2.05) is 24.4 Å². The van der Waals surface area contributed by atoms with Gasteiger partial charge < -0.3 is 11.1 Å². The fraction of sp³-hybridized carbons (Fsp3) is 0.231. The van der Waals surface area contributed by atoms with Crippen LogP contribution in [0, 0.1) is 10.1 Å². The Labute approximate surface area is 125 Å². The lowest BCUT2D eigenvalue weighted by Gasteiger charge is -2.15. The first-order valence-electron chi connectivity index (χ1n) is 6.27. The van der Waals surface area contributed by atoms with E-state index in [-0.39, 0.29) is 23.1 Å². The molecule has 2 heterocycles. The molecule has 0 aromatic carbocycles. The van der Waals surface area contributed by atoms with Gasteiger partial charge in [-0.25, -0.2) is 4.98 Å². The molecule has 0 fully saturated rings. The van der Waals surface area contributed by atoms with Crippen molar-refractivity contribution in [2.24, 2.45) is 0 Å². The summed E-state index contributed by atoms with van der Waals surface area (Å²) in [5.41, 5.74) is 5.38. The van der Waals surface area contributed by atoms with E-state index in [0.717, 1.165) is 17.1 Å². The van der Waals surface area contributed by atoms with Gasteiger partial charge in [-0.2, -0.15) is 0 Å². The number of anilines is 1. The summed E-state index contributed by atoms with van der Waals surface area (Å²) in [4.78, 5) is 27.1. The lowest BCUT2D eigenvalue weighted by atomic mass is 10.1. The molecular weight excluding hydrogens is 292 g/mol. The van der Waals surface area contributed by atoms with Crippen LogP contribution in [-0.4, -0.2) is 15.8 Å². The average molecular weight is 306 g/mol. The summed E-state index contributed by atoms with van der Waals surface area (Å²) >= 11 is 1.54. The molecule has 2 aromatic heterocycles. The second-order valence-corrected chi connectivity index (χ2v) is 5.31. The van der Waals surface area contributed by atoms with Crippen molar-refractivity contribution in [3.05, 3.63) is 50.3 Å². The van der Waals surface area contributed by atoms with Crippen LogP contribution in [0.5, 0.6) is 0 Å². The number of carbonyl (C=O) groups excluding carboxylic acids is 1. The van der Waals surface area contributed by atoms with Gasteiger partial charge in [0.15, 0.2) is 0 Å². The first-order valence-corrected chi connectivity index (χ1v) is 7.15. The number of nitrogen functional groups attached to an aromatic ring is 1. The largest absolute Gasteiger partial charge is 0.383 e. The molecule has 8 heteroatoms. The molecule has 0 aliphatic rings. The number of thiophene rings is 1. The number of aromatic nitrogens is 1. The number of nitro groups is 1. The van der Waals surface area contributed by atoms with Crippen LogP contribution in [0.15, 0.2) is 29.8 Å². The third-order valence-electron chi connectivity index (χ3n) is 2.96. The zero-order valence-corrected chi connectivity index (χ0v) is 12.1. The summed E-state index contributed by atoms with van der Waals surface area (Å²) in [6.45, 7) is 1.94. The number of pyridine rings is 1. The minimum atomic E-state index is -0.611. The van der Waals surface area contributed by atoms with Crippen LogP contribution in [0.4, 0.5) is 11.5 Å². The van der Waals surface area contributed by atoms with Gasteiger partial charge in [0.1, 0.15) is 12.0 Å². The van der Waals surface area contributed by atoms with Crippen LogP contribution in [-0.2, 0) is 0 Å². The minimum Gasteiger partial charge on any atom is -0.383 e. The number of nitrogens with two attached hydrogens (primary N) is 1. The molecule has 2 aromatic rings. The lowest BCUT2D eigenvalue weighted by Crippen LogP contribution is -2.28. The van der Waals surface area contributed by atoms with Gasteiger partial charge in [-0.3, -0.25) is 14.9 Å². The van der Waals surface area contributed by atoms with Gasteiger partial charge in [0, 0.05) is 10.9 Å². The Balaban J connectivity index is 2.23. The Morgan fingerprint density at radius 3 is 2.95 bits per heavy atom. The highest BCUT2D eigenvalue weighted by Gasteiger charge is 2.20. The van der Waals surface area contributed by atoms with Crippen LogP contribution >= 0.6 is 11.3 Å². The van der Waals surface area contributed by atoms with Crippen molar-refractivity contribution in [1.29, 1.82) is 0 Å². The van der Waals surface area contributed by atoms with Gasteiger partial charge >= 0.3 is 0 Å². The Kier molecular flexibility index (Phi) is 4.49. The molecule has 1 unspecified atom stereocenters. The van der Waals surface area contributed by atoms with Gasteiger partial charge in [-0.1, -0.05) is 13.0 Å². The van der Waals surface area contributed by atoms with E-state index >= 15 is 0 Å². The molecule has 7 nitrogen and oxygen atoms in total. The molecular formula is C13H14N4O3S. The van der Waals surface area contributed by atoms with Crippen molar-refractivity contribution in [3.63, 3.8) is 0 Å². The van der Waals surface area contributed by atoms with Gasteiger partial charge in [0.05, 0.1) is 16.5 Å².